The van der Waals surface area contributed by atoms with Crippen molar-refractivity contribution in [2.24, 2.45) is 7.05 Å². The van der Waals surface area contributed by atoms with Gasteiger partial charge in [0.05, 0.1) is 15.8 Å². The highest BCUT2D eigenvalue weighted by Crippen LogP contribution is 2.38. The van der Waals surface area contributed by atoms with Crippen LogP contribution < -0.4 is 10.3 Å². The van der Waals surface area contributed by atoms with Crippen molar-refractivity contribution in [2.75, 3.05) is 0 Å². The van der Waals surface area contributed by atoms with Gasteiger partial charge in [0.2, 0.25) is 0 Å². The Morgan fingerprint density at radius 2 is 1.90 bits per heavy atom. The monoisotopic (exact) mass is 427 g/mol. The number of ether oxygens (including phenoxy) is 1. The zero-order chi connectivity index (χ0) is 21.5. The van der Waals surface area contributed by atoms with Gasteiger partial charge in [-0.1, -0.05) is 6.42 Å². The van der Waals surface area contributed by atoms with Crippen molar-refractivity contribution < 1.29 is 8.95 Å². The Hall–Kier alpha value is -2.54. The Balaban J connectivity index is 1.92. The van der Waals surface area contributed by atoms with Crippen LogP contribution in [0.3, 0.4) is 0 Å². The minimum Gasteiger partial charge on any atom is -0.490 e. The van der Waals surface area contributed by atoms with Crippen LogP contribution in [0, 0.1) is 4.78 Å². The van der Waals surface area contributed by atoms with Crippen LogP contribution in [0.25, 0.3) is 22.0 Å². The van der Waals surface area contributed by atoms with Gasteiger partial charge in [-0.2, -0.15) is 0 Å². The van der Waals surface area contributed by atoms with Gasteiger partial charge < -0.3 is 14.3 Å². The van der Waals surface area contributed by atoms with E-state index in [0.29, 0.717) is 16.2 Å². The molecule has 7 heteroatoms. The van der Waals surface area contributed by atoms with E-state index >= 15 is 0 Å². The average Bonchev–Trinajstić information content (AvgIpc) is 3.22. The second-order valence-electron chi connectivity index (χ2n) is 8.41. The van der Waals surface area contributed by atoms with E-state index in [9.17, 15) is 9.00 Å². The van der Waals surface area contributed by atoms with E-state index < -0.39 is 9.73 Å². The lowest BCUT2D eigenvalue weighted by molar-refractivity contribution is 0.155. The SMILES string of the molecule is CC(C)S(=N)(=O)c1ccc(OC2CCCCC2)c(-c2cn(C)c(=O)c3[nH]ccc23)c1. The van der Waals surface area contributed by atoms with E-state index in [1.54, 1.807) is 43.9 Å². The number of H-pyrrole nitrogens is 1. The van der Waals surface area contributed by atoms with Gasteiger partial charge in [-0.3, -0.25) is 4.79 Å². The highest BCUT2D eigenvalue weighted by molar-refractivity contribution is 7.93. The summed E-state index contributed by atoms with van der Waals surface area (Å²) in [6.45, 7) is 3.61. The number of rotatable bonds is 5. The van der Waals surface area contributed by atoms with Crippen molar-refractivity contribution >= 4 is 20.6 Å². The van der Waals surface area contributed by atoms with Gasteiger partial charge in [-0.15, -0.1) is 0 Å². The van der Waals surface area contributed by atoms with Crippen molar-refractivity contribution in [3.63, 3.8) is 0 Å². The molecule has 160 valence electrons. The fourth-order valence-corrected chi connectivity index (χ4v) is 5.24. The second-order valence-corrected chi connectivity index (χ2v) is 11.0. The number of pyridine rings is 1. The standard InChI is InChI=1S/C23H29N3O3S/c1-15(2)30(24,28)17-9-10-21(29-16-7-5-4-6-8-16)19(13-17)20-14-26(3)23(27)22-18(20)11-12-25-22/h9-16,24-25H,4-8H2,1-3H3. The van der Waals surface area contributed by atoms with Crippen LogP contribution >= 0.6 is 0 Å². The molecule has 2 heterocycles. The molecule has 1 atom stereocenters. The Morgan fingerprint density at radius 3 is 2.60 bits per heavy atom. The molecule has 0 radical (unpaired) electrons. The molecule has 6 nitrogen and oxygen atoms in total. The van der Waals surface area contributed by atoms with Gasteiger partial charge in [0.25, 0.3) is 5.56 Å². The Kier molecular flexibility index (Phi) is 5.49. The molecule has 1 unspecified atom stereocenters. The van der Waals surface area contributed by atoms with Gasteiger partial charge in [-0.25, -0.2) is 8.99 Å². The quantitative estimate of drug-likeness (QED) is 0.596. The predicted octanol–water partition coefficient (Wildman–Crippen LogP) is 5.06. The lowest BCUT2D eigenvalue weighted by Crippen LogP contribution is -2.20. The Labute approximate surface area is 177 Å². The number of nitrogens with one attached hydrogen (secondary N) is 2. The van der Waals surface area contributed by atoms with Gasteiger partial charge in [-0.05, 0) is 63.8 Å². The summed E-state index contributed by atoms with van der Waals surface area (Å²) < 4.78 is 29.5. The van der Waals surface area contributed by atoms with Crippen molar-refractivity contribution in [3.8, 4) is 16.9 Å². The van der Waals surface area contributed by atoms with Crippen molar-refractivity contribution in [3.05, 3.63) is 47.0 Å². The summed E-state index contributed by atoms with van der Waals surface area (Å²) in [4.78, 5) is 16.0. The summed E-state index contributed by atoms with van der Waals surface area (Å²) in [6.07, 6.45) is 9.32. The number of nitrogens with zero attached hydrogens (tertiary/aromatic N) is 1. The summed E-state index contributed by atoms with van der Waals surface area (Å²) in [6, 6.07) is 7.30. The molecule has 0 amide bonds. The second kappa shape index (κ2) is 7.95. The molecular formula is C23H29N3O3S. The molecule has 0 bridgehead atoms. The molecule has 0 aliphatic heterocycles. The third-order valence-corrected chi connectivity index (χ3v) is 8.28. The molecule has 2 N–H and O–H groups in total. The highest BCUT2D eigenvalue weighted by Gasteiger charge is 2.22. The molecule has 1 aliphatic carbocycles. The Morgan fingerprint density at radius 1 is 1.17 bits per heavy atom. The number of benzene rings is 1. The number of aryl methyl sites for hydroxylation is 1. The molecule has 0 spiro atoms. The molecule has 4 rings (SSSR count). The number of aromatic amines is 1. The van der Waals surface area contributed by atoms with Gasteiger partial charge >= 0.3 is 0 Å². The van der Waals surface area contributed by atoms with Crippen molar-refractivity contribution in [1.29, 1.82) is 4.78 Å². The fourth-order valence-electron chi connectivity index (χ4n) is 4.13. The van der Waals surface area contributed by atoms with E-state index in [1.165, 1.54) is 6.42 Å². The first-order valence-electron chi connectivity index (χ1n) is 10.5. The largest absolute Gasteiger partial charge is 0.490 e. The third-order valence-electron chi connectivity index (χ3n) is 6.00. The van der Waals surface area contributed by atoms with Crippen LogP contribution in [0.1, 0.15) is 46.0 Å². The number of fused-ring (bicyclic) bond motifs is 1. The fraction of sp³-hybridized carbons (Fsp3) is 0.435. The third kappa shape index (κ3) is 3.67. The number of aromatic nitrogens is 2. The van der Waals surface area contributed by atoms with Crippen molar-refractivity contribution in [1.82, 2.24) is 9.55 Å². The van der Waals surface area contributed by atoms with E-state index in [4.69, 9.17) is 9.52 Å². The molecule has 1 saturated carbocycles. The van der Waals surface area contributed by atoms with E-state index in [2.05, 4.69) is 4.98 Å². The van der Waals surface area contributed by atoms with Crippen LogP contribution in [0.15, 0.2) is 46.3 Å². The van der Waals surface area contributed by atoms with Gasteiger partial charge in [0, 0.05) is 46.1 Å². The lowest BCUT2D eigenvalue weighted by Gasteiger charge is -2.25. The van der Waals surface area contributed by atoms with Crippen LogP contribution in [-0.2, 0) is 16.8 Å². The van der Waals surface area contributed by atoms with Crippen molar-refractivity contribution in [2.45, 2.75) is 62.2 Å². The minimum atomic E-state index is -2.95. The molecule has 2 aromatic heterocycles. The lowest BCUT2D eigenvalue weighted by atomic mass is 9.97. The maximum Gasteiger partial charge on any atom is 0.274 e. The smallest absolute Gasteiger partial charge is 0.274 e. The summed E-state index contributed by atoms with van der Waals surface area (Å²) in [5.74, 6) is 0.714. The summed E-state index contributed by atoms with van der Waals surface area (Å²) >= 11 is 0. The normalized spacial score (nSPS) is 17.3. The number of hydrogen-bond donors (Lipinski definition) is 2. The first kappa shape index (κ1) is 20.7. The minimum absolute atomic E-state index is 0.101. The van der Waals surface area contributed by atoms with Gasteiger partial charge in [0.15, 0.2) is 0 Å². The van der Waals surface area contributed by atoms with E-state index in [-0.39, 0.29) is 16.9 Å². The summed E-state index contributed by atoms with van der Waals surface area (Å²) in [5, 5.41) is 0.493. The van der Waals surface area contributed by atoms with Crippen LogP contribution in [-0.4, -0.2) is 25.1 Å². The molecule has 1 fully saturated rings. The average molecular weight is 428 g/mol. The molecular weight excluding hydrogens is 398 g/mol. The van der Waals surface area contributed by atoms with Gasteiger partial charge in [0.1, 0.15) is 11.3 Å². The predicted molar refractivity (Wildman–Crippen MR) is 121 cm³/mol. The first-order valence-corrected chi connectivity index (χ1v) is 12.2. The van der Waals surface area contributed by atoms with E-state index in [0.717, 1.165) is 42.2 Å². The summed E-state index contributed by atoms with van der Waals surface area (Å²) in [7, 11) is -1.23. The molecule has 30 heavy (non-hydrogen) atoms. The zero-order valence-corrected chi connectivity index (χ0v) is 18.6. The summed E-state index contributed by atoms with van der Waals surface area (Å²) in [5.41, 5.74) is 2.04. The molecule has 3 aromatic rings. The maximum absolute atomic E-state index is 13.1. The highest BCUT2D eigenvalue weighted by atomic mass is 32.2. The maximum atomic E-state index is 13.1. The van der Waals surface area contributed by atoms with E-state index in [1.807, 2.05) is 18.2 Å². The first-order chi connectivity index (χ1) is 14.3. The van der Waals surface area contributed by atoms with Crippen LogP contribution in [0.4, 0.5) is 0 Å². The van der Waals surface area contributed by atoms with Crippen LogP contribution in [0.5, 0.6) is 5.75 Å². The molecule has 0 saturated heterocycles. The van der Waals surface area contributed by atoms with Crippen LogP contribution in [0.2, 0.25) is 0 Å². The zero-order valence-electron chi connectivity index (χ0n) is 17.7. The molecule has 1 aliphatic rings. The Bertz CT molecular complexity index is 1230. The topological polar surface area (TPSA) is 87.9 Å². The number of hydrogen-bond acceptors (Lipinski definition) is 4. The molecule has 1 aromatic carbocycles.